The fraction of sp³-hybridized carbons (Fsp3) is 0.0667. The van der Waals surface area contributed by atoms with E-state index in [0.29, 0.717) is 10.5 Å². The summed E-state index contributed by atoms with van der Waals surface area (Å²) in [5, 5.41) is 25.4. The maximum absolute atomic E-state index is 12.5. The van der Waals surface area contributed by atoms with Crippen LogP contribution >= 0.6 is 22.9 Å². The highest BCUT2D eigenvalue weighted by atomic mass is 35.5. The normalized spacial score (nSPS) is 10.7. The summed E-state index contributed by atoms with van der Waals surface area (Å²) in [6, 6.07) is 6.86. The lowest BCUT2D eigenvalue weighted by molar-refractivity contribution is -0.394. The van der Waals surface area contributed by atoms with Crippen molar-refractivity contribution >= 4 is 55.6 Å². The Balaban J connectivity index is 2.00. The molecule has 26 heavy (non-hydrogen) atoms. The number of thiazole rings is 1. The SMILES string of the molecule is Cc1c(C(=O)Nc2nc3ccc(Cl)cc3s2)cc([N+](=O)[O-])cc1[N+](=O)[O-]. The number of hydrogen-bond donors (Lipinski definition) is 1. The van der Waals surface area contributed by atoms with Crippen LogP contribution in [0, 0.1) is 27.2 Å². The second-order valence-electron chi connectivity index (χ2n) is 5.24. The molecule has 0 fully saturated rings. The number of nitrogens with one attached hydrogen (secondary N) is 1. The van der Waals surface area contributed by atoms with E-state index in [1.165, 1.54) is 18.3 Å². The number of carbonyl (C=O) groups excluding carboxylic acids is 1. The minimum Gasteiger partial charge on any atom is -0.298 e. The highest BCUT2D eigenvalue weighted by Gasteiger charge is 2.25. The molecule has 3 rings (SSSR count). The first kappa shape index (κ1) is 17.7. The predicted molar refractivity (Wildman–Crippen MR) is 97.1 cm³/mol. The minimum absolute atomic E-state index is 0.0299. The van der Waals surface area contributed by atoms with Crippen molar-refractivity contribution in [2.24, 2.45) is 0 Å². The van der Waals surface area contributed by atoms with E-state index < -0.39 is 27.1 Å². The number of fused-ring (bicyclic) bond motifs is 1. The van der Waals surface area contributed by atoms with Crippen molar-refractivity contribution in [1.29, 1.82) is 0 Å². The van der Waals surface area contributed by atoms with Crippen LogP contribution in [0.2, 0.25) is 5.02 Å². The number of anilines is 1. The summed E-state index contributed by atoms with van der Waals surface area (Å²) in [6.45, 7) is 1.36. The standard InChI is InChI=1S/C15H9ClN4O5S/c1-7-10(5-9(19(22)23)6-12(7)20(24)25)14(21)18-15-17-11-3-2-8(16)4-13(11)26-15/h2-6H,1H3,(H,17,18,21). The topological polar surface area (TPSA) is 128 Å². The van der Waals surface area contributed by atoms with Crippen LogP contribution in [-0.4, -0.2) is 20.7 Å². The van der Waals surface area contributed by atoms with Crippen LogP contribution in [-0.2, 0) is 0 Å². The lowest BCUT2D eigenvalue weighted by atomic mass is 10.0. The van der Waals surface area contributed by atoms with Gasteiger partial charge >= 0.3 is 0 Å². The molecule has 0 aliphatic heterocycles. The third-order valence-electron chi connectivity index (χ3n) is 3.59. The first-order valence-corrected chi connectivity index (χ1v) is 8.26. The van der Waals surface area contributed by atoms with E-state index in [-0.39, 0.29) is 16.3 Å². The molecule has 2 aromatic carbocycles. The molecule has 0 aliphatic rings. The van der Waals surface area contributed by atoms with Crippen molar-refractivity contribution in [2.75, 3.05) is 5.32 Å². The zero-order valence-corrected chi connectivity index (χ0v) is 14.6. The van der Waals surface area contributed by atoms with E-state index in [2.05, 4.69) is 10.3 Å². The van der Waals surface area contributed by atoms with Gasteiger partial charge in [-0.1, -0.05) is 22.9 Å². The van der Waals surface area contributed by atoms with Crippen LogP contribution in [0.25, 0.3) is 10.2 Å². The third kappa shape index (κ3) is 3.32. The molecule has 3 aromatic rings. The molecule has 0 saturated heterocycles. The van der Waals surface area contributed by atoms with E-state index >= 15 is 0 Å². The molecule has 1 aromatic heterocycles. The maximum Gasteiger partial charge on any atom is 0.279 e. The van der Waals surface area contributed by atoms with E-state index in [4.69, 9.17) is 11.6 Å². The van der Waals surface area contributed by atoms with Gasteiger partial charge in [0.05, 0.1) is 31.7 Å². The number of carbonyl (C=O) groups is 1. The summed E-state index contributed by atoms with van der Waals surface area (Å²) in [5.74, 6) is -0.723. The number of halogens is 1. The van der Waals surface area contributed by atoms with Crippen molar-refractivity contribution in [3.63, 3.8) is 0 Å². The van der Waals surface area contributed by atoms with Crippen molar-refractivity contribution in [3.05, 3.63) is 66.7 Å². The van der Waals surface area contributed by atoms with E-state index in [1.807, 2.05) is 0 Å². The van der Waals surface area contributed by atoms with Gasteiger partial charge in [0, 0.05) is 16.7 Å². The summed E-state index contributed by atoms with van der Waals surface area (Å²) in [7, 11) is 0. The molecular weight excluding hydrogens is 384 g/mol. The van der Waals surface area contributed by atoms with Crippen LogP contribution in [0.1, 0.15) is 15.9 Å². The number of non-ortho nitro benzene ring substituents is 1. The number of rotatable bonds is 4. The van der Waals surface area contributed by atoms with Crippen LogP contribution in [0.5, 0.6) is 0 Å². The summed E-state index contributed by atoms with van der Waals surface area (Å²) in [6.07, 6.45) is 0. The Morgan fingerprint density at radius 1 is 1.19 bits per heavy atom. The summed E-state index contributed by atoms with van der Waals surface area (Å²) >= 11 is 7.07. The van der Waals surface area contributed by atoms with Gasteiger partial charge in [0.15, 0.2) is 5.13 Å². The first-order chi connectivity index (χ1) is 12.3. The average Bonchev–Trinajstić information content (AvgIpc) is 2.95. The van der Waals surface area contributed by atoms with Crippen molar-refractivity contribution < 1.29 is 14.6 Å². The number of amides is 1. The van der Waals surface area contributed by atoms with Gasteiger partial charge in [0.2, 0.25) is 0 Å². The van der Waals surface area contributed by atoms with Crippen molar-refractivity contribution in [1.82, 2.24) is 4.98 Å². The number of nitro groups is 2. The first-order valence-electron chi connectivity index (χ1n) is 7.07. The maximum atomic E-state index is 12.5. The number of nitro benzene ring substituents is 2. The third-order valence-corrected chi connectivity index (χ3v) is 4.76. The molecule has 0 unspecified atom stereocenters. The van der Waals surface area contributed by atoms with Gasteiger partial charge in [-0.25, -0.2) is 4.98 Å². The molecule has 0 radical (unpaired) electrons. The second kappa shape index (κ2) is 6.65. The van der Waals surface area contributed by atoms with E-state index in [0.717, 1.165) is 16.8 Å². The van der Waals surface area contributed by atoms with Crippen LogP contribution < -0.4 is 5.32 Å². The van der Waals surface area contributed by atoms with Gasteiger partial charge in [0.25, 0.3) is 17.3 Å². The largest absolute Gasteiger partial charge is 0.298 e. The highest BCUT2D eigenvalue weighted by Crippen LogP contribution is 2.31. The van der Waals surface area contributed by atoms with Gasteiger partial charge < -0.3 is 0 Å². The monoisotopic (exact) mass is 392 g/mol. The Labute approximate surface area is 154 Å². The number of hydrogen-bond acceptors (Lipinski definition) is 7. The molecule has 1 amide bonds. The van der Waals surface area contributed by atoms with Gasteiger partial charge in [-0.3, -0.25) is 30.3 Å². The van der Waals surface area contributed by atoms with Gasteiger partial charge in [-0.2, -0.15) is 0 Å². The fourth-order valence-corrected chi connectivity index (χ4v) is 3.47. The number of benzene rings is 2. The van der Waals surface area contributed by atoms with E-state index in [9.17, 15) is 25.0 Å². The lowest BCUT2D eigenvalue weighted by Gasteiger charge is -2.06. The molecular formula is C15H9ClN4O5S. The van der Waals surface area contributed by atoms with Gasteiger partial charge in [0.1, 0.15) is 0 Å². The molecule has 0 spiro atoms. The summed E-state index contributed by atoms with van der Waals surface area (Å²) < 4.78 is 0.745. The van der Waals surface area contributed by atoms with Crippen LogP contribution in [0.4, 0.5) is 16.5 Å². The second-order valence-corrected chi connectivity index (χ2v) is 6.70. The lowest BCUT2D eigenvalue weighted by Crippen LogP contribution is -2.14. The predicted octanol–water partition coefficient (Wildman–Crippen LogP) is 4.33. The minimum atomic E-state index is -0.789. The molecule has 132 valence electrons. The zero-order valence-electron chi connectivity index (χ0n) is 13.1. The quantitative estimate of drug-likeness (QED) is 0.519. The Morgan fingerprint density at radius 3 is 2.58 bits per heavy atom. The Kier molecular flexibility index (Phi) is 4.53. The van der Waals surface area contributed by atoms with Crippen molar-refractivity contribution in [2.45, 2.75) is 6.92 Å². The fourth-order valence-electron chi connectivity index (χ4n) is 2.33. The zero-order chi connectivity index (χ0) is 19.0. The summed E-state index contributed by atoms with van der Waals surface area (Å²) in [4.78, 5) is 37.3. The van der Waals surface area contributed by atoms with Crippen LogP contribution in [0.15, 0.2) is 30.3 Å². The summed E-state index contributed by atoms with van der Waals surface area (Å²) in [5.41, 5.74) is -0.550. The molecule has 1 N–H and O–H groups in total. The Morgan fingerprint density at radius 2 is 1.92 bits per heavy atom. The van der Waals surface area contributed by atoms with Crippen molar-refractivity contribution in [3.8, 4) is 0 Å². The molecule has 0 atom stereocenters. The number of aromatic nitrogens is 1. The van der Waals surface area contributed by atoms with Crippen LogP contribution in [0.3, 0.4) is 0 Å². The molecule has 9 nitrogen and oxygen atoms in total. The Bertz CT molecular complexity index is 1080. The average molecular weight is 393 g/mol. The smallest absolute Gasteiger partial charge is 0.279 e. The highest BCUT2D eigenvalue weighted by molar-refractivity contribution is 7.22. The van der Waals surface area contributed by atoms with E-state index in [1.54, 1.807) is 18.2 Å². The van der Waals surface area contributed by atoms with Gasteiger partial charge in [-0.15, -0.1) is 0 Å². The Hall–Kier alpha value is -3.11. The molecule has 0 saturated carbocycles. The molecule has 11 heteroatoms. The molecule has 1 heterocycles. The van der Waals surface area contributed by atoms with Gasteiger partial charge in [-0.05, 0) is 25.1 Å². The molecule has 0 bridgehead atoms. The molecule has 0 aliphatic carbocycles. The number of nitrogens with zero attached hydrogens (tertiary/aromatic N) is 3.